The summed E-state index contributed by atoms with van der Waals surface area (Å²) in [4.78, 5) is 34.3. The SMILES string of the molecule is CS(=O)(=O)c1cc(C(=O)NNC(=O)c2nn(-c3ccccc3)cc2O)cc([N+](=O)[O-])c1. The Hall–Kier alpha value is -4.26. The lowest BCUT2D eigenvalue weighted by Gasteiger charge is -2.08. The molecule has 0 aliphatic rings. The van der Waals surface area contributed by atoms with Gasteiger partial charge in [-0.3, -0.25) is 30.6 Å². The first-order chi connectivity index (χ1) is 14.6. The lowest BCUT2D eigenvalue weighted by Crippen LogP contribution is -2.42. The van der Waals surface area contributed by atoms with Gasteiger partial charge >= 0.3 is 0 Å². The van der Waals surface area contributed by atoms with Gasteiger partial charge in [-0.25, -0.2) is 13.1 Å². The van der Waals surface area contributed by atoms with Gasteiger partial charge < -0.3 is 5.11 Å². The molecule has 0 bridgehead atoms. The molecule has 0 radical (unpaired) electrons. The summed E-state index contributed by atoms with van der Waals surface area (Å²) in [6.45, 7) is 0. The van der Waals surface area contributed by atoms with Gasteiger partial charge in [-0.15, -0.1) is 0 Å². The Kier molecular flexibility index (Phi) is 5.70. The number of carbonyl (C=O) groups excluding carboxylic acids is 2. The van der Waals surface area contributed by atoms with Gasteiger partial charge in [-0.05, 0) is 18.2 Å². The van der Waals surface area contributed by atoms with Crippen LogP contribution in [0.4, 0.5) is 5.69 Å². The van der Waals surface area contributed by atoms with E-state index in [4.69, 9.17) is 0 Å². The lowest BCUT2D eigenvalue weighted by atomic mass is 10.2. The van der Waals surface area contributed by atoms with E-state index in [0.29, 0.717) is 5.69 Å². The first-order valence-corrected chi connectivity index (χ1v) is 10.4. The Labute approximate surface area is 175 Å². The summed E-state index contributed by atoms with van der Waals surface area (Å²) in [5.74, 6) is -2.43. The van der Waals surface area contributed by atoms with Gasteiger partial charge in [0.25, 0.3) is 17.5 Å². The third kappa shape index (κ3) is 4.84. The lowest BCUT2D eigenvalue weighted by molar-refractivity contribution is -0.385. The number of rotatable bonds is 5. The van der Waals surface area contributed by atoms with Crippen molar-refractivity contribution in [2.45, 2.75) is 4.90 Å². The van der Waals surface area contributed by atoms with Crippen molar-refractivity contribution >= 4 is 27.3 Å². The molecule has 3 N–H and O–H groups in total. The second-order valence-corrected chi connectivity index (χ2v) is 8.31. The minimum Gasteiger partial charge on any atom is -0.504 e. The summed E-state index contributed by atoms with van der Waals surface area (Å²) in [6.07, 6.45) is 2.03. The van der Waals surface area contributed by atoms with E-state index in [-0.39, 0.29) is 11.3 Å². The molecular weight excluding hydrogens is 430 g/mol. The van der Waals surface area contributed by atoms with Crippen LogP contribution in [-0.2, 0) is 9.84 Å². The fraction of sp³-hybridized carbons (Fsp3) is 0.0556. The fourth-order valence-corrected chi connectivity index (χ4v) is 3.19. The monoisotopic (exact) mass is 445 g/mol. The number of hydrogen-bond acceptors (Lipinski definition) is 8. The third-order valence-electron chi connectivity index (χ3n) is 4.01. The normalized spacial score (nSPS) is 11.0. The van der Waals surface area contributed by atoms with Crippen molar-refractivity contribution < 1.29 is 28.0 Å². The molecule has 31 heavy (non-hydrogen) atoms. The summed E-state index contributed by atoms with van der Waals surface area (Å²) in [5.41, 5.74) is 3.22. The Bertz CT molecular complexity index is 1290. The van der Waals surface area contributed by atoms with Crippen molar-refractivity contribution in [2.75, 3.05) is 6.26 Å². The molecule has 0 spiro atoms. The first kappa shape index (κ1) is 21.4. The van der Waals surface area contributed by atoms with Crippen LogP contribution < -0.4 is 10.9 Å². The van der Waals surface area contributed by atoms with Crippen LogP contribution in [0, 0.1) is 10.1 Å². The number of carbonyl (C=O) groups is 2. The van der Waals surface area contributed by atoms with Crippen LogP contribution in [0.25, 0.3) is 5.69 Å². The van der Waals surface area contributed by atoms with E-state index in [0.717, 1.165) is 24.5 Å². The molecule has 0 fully saturated rings. The maximum atomic E-state index is 12.3. The van der Waals surface area contributed by atoms with Crippen molar-refractivity contribution in [2.24, 2.45) is 0 Å². The third-order valence-corrected chi connectivity index (χ3v) is 5.10. The summed E-state index contributed by atoms with van der Waals surface area (Å²) in [6, 6.07) is 11.2. The van der Waals surface area contributed by atoms with Crippen molar-refractivity contribution in [3.05, 3.63) is 76.1 Å². The number of sulfone groups is 1. The van der Waals surface area contributed by atoms with Crippen molar-refractivity contribution in [3.8, 4) is 11.4 Å². The van der Waals surface area contributed by atoms with Crippen molar-refractivity contribution in [3.63, 3.8) is 0 Å². The summed E-state index contributed by atoms with van der Waals surface area (Å²) in [7, 11) is -3.84. The number of hydrogen-bond donors (Lipinski definition) is 3. The molecule has 0 atom stereocenters. The number of amides is 2. The van der Waals surface area contributed by atoms with Crippen molar-refractivity contribution in [1.82, 2.24) is 20.6 Å². The van der Waals surface area contributed by atoms with Gasteiger partial charge in [-0.2, -0.15) is 5.10 Å². The molecule has 0 saturated carbocycles. The Balaban J connectivity index is 1.78. The second-order valence-electron chi connectivity index (χ2n) is 6.30. The van der Waals surface area contributed by atoms with E-state index in [1.165, 1.54) is 10.9 Å². The number of para-hydroxylation sites is 1. The van der Waals surface area contributed by atoms with Gasteiger partial charge in [-0.1, -0.05) is 18.2 Å². The van der Waals surface area contributed by atoms with E-state index in [2.05, 4.69) is 5.10 Å². The number of nitro benzene ring substituents is 1. The quantitative estimate of drug-likeness (QED) is 0.384. The average molecular weight is 445 g/mol. The summed E-state index contributed by atoms with van der Waals surface area (Å²) >= 11 is 0. The topological polar surface area (TPSA) is 174 Å². The number of aromatic hydroxyl groups is 1. The number of hydrazine groups is 1. The molecule has 0 saturated heterocycles. The van der Waals surface area contributed by atoms with E-state index in [9.17, 15) is 33.2 Å². The molecule has 2 aromatic carbocycles. The molecule has 160 valence electrons. The smallest absolute Gasteiger partial charge is 0.294 e. The zero-order valence-corrected chi connectivity index (χ0v) is 16.7. The highest BCUT2D eigenvalue weighted by atomic mass is 32.2. The van der Waals surface area contributed by atoms with Crippen LogP contribution in [0.3, 0.4) is 0 Å². The van der Waals surface area contributed by atoms with Gasteiger partial charge in [0.1, 0.15) is 0 Å². The second kappa shape index (κ2) is 8.23. The van der Waals surface area contributed by atoms with E-state index < -0.39 is 42.9 Å². The summed E-state index contributed by atoms with van der Waals surface area (Å²) < 4.78 is 24.7. The highest BCUT2D eigenvalue weighted by Crippen LogP contribution is 2.21. The first-order valence-electron chi connectivity index (χ1n) is 8.50. The molecule has 0 aliphatic carbocycles. The molecule has 12 nitrogen and oxygen atoms in total. The predicted octanol–water partition coefficient (Wildman–Crippen LogP) is 0.964. The number of benzene rings is 2. The molecule has 13 heteroatoms. The van der Waals surface area contributed by atoms with Gasteiger partial charge in [0, 0.05) is 24.0 Å². The van der Waals surface area contributed by atoms with E-state index in [1.54, 1.807) is 30.3 Å². The van der Waals surface area contributed by atoms with Crippen LogP contribution >= 0.6 is 0 Å². The number of aromatic nitrogens is 2. The zero-order valence-electron chi connectivity index (χ0n) is 15.8. The number of nitrogens with zero attached hydrogens (tertiary/aromatic N) is 3. The number of nitro groups is 1. The highest BCUT2D eigenvalue weighted by molar-refractivity contribution is 7.90. The maximum Gasteiger partial charge on any atom is 0.294 e. The maximum absolute atomic E-state index is 12.3. The Morgan fingerprint density at radius 1 is 1.10 bits per heavy atom. The largest absolute Gasteiger partial charge is 0.504 e. The number of non-ortho nitro benzene ring substituents is 1. The van der Waals surface area contributed by atoms with Crippen LogP contribution in [0.2, 0.25) is 0 Å². The molecule has 0 aliphatic heterocycles. The molecule has 1 aromatic heterocycles. The minimum atomic E-state index is -3.84. The minimum absolute atomic E-state index is 0.367. The molecular formula is C18H15N5O7S. The van der Waals surface area contributed by atoms with Crippen molar-refractivity contribution in [1.29, 1.82) is 0 Å². The zero-order chi connectivity index (χ0) is 22.8. The Morgan fingerprint density at radius 3 is 2.35 bits per heavy atom. The van der Waals surface area contributed by atoms with Crippen LogP contribution in [0.5, 0.6) is 5.75 Å². The van der Waals surface area contributed by atoms with Gasteiger partial charge in [0.05, 0.1) is 21.7 Å². The standard InChI is InChI=1S/C18H15N5O7S/c1-31(29,30)14-8-11(7-13(9-14)23(27)28)17(25)19-20-18(26)16-15(24)10-22(21-16)12-5-3-2-4-6-12/h2-10,24H,1H3,(H,19,25)(H,20,26). The molecule has 3 rings (SSSR count). The number of nitrogens with one attached hydrogen (secondary N) is 2. The van der Waals surface area contributed by atoms with Gasteiger partial charge in [0.2, 0.25) is 0 Å². The van der Waals surface area contributed by atoms with Crippen LogP contribution in [0.15, 0.2) is 59.6 Å². The van der Waals surface area contributed by atoms with E-state index in [1.807, 2.05) is 10.9 Å². The molecule has 1 heterocycles. The molecule has 0 unspecified atom stereocenters. The molecule has 3 aromatic rings. The van der Waals surface area contributed by atoms with Crippen LogP contribution in [0.1, 0.15) is 20.8 Å². The van der Waals surface area contributed by atoms with Gasteiger partial charge in [0.15, 0.2) is 21.3 Å². The summed E-state index contributed by atoms with van der Waals surface area (Å²) in [5, 5.41) is 25.0. The van der Waals surface area contributed by atoms with Crippen LogP contribution in [-0.4, -0.2) is 46.3 Å². The predicted molar refractivity (Wildman–Crippen MR) is 106 cm³/mol. The highest BCUT2D eigenvalue weighted by Gasteiger charge is 2.21. The fourth-order valence-electron chi connectivity index (χ4n) is 2.52. The average Bonchev–Trinajstić information content (AvgIpc) is 3.13. The van der Waals surface area contributed by atoms with E-state index >= 15 is 0 Å². The Morgan fingerprint density at radius 2 is 1.74 bits per heavy atom. The molecule has 2 amide bonds.